The van der Waals surface area contributed by atoms with Gasteiger partial charge in [0.15, 0.2) is 0 Å². The van der Waals surface area contributed by atoms with Gasteiger partial charge in [-0.2, -0.15) is 0 Å². The van der Waals surface area contributed by atoms with Crippen molar-refractivity contribution in [2.24, 2.45) is 11.8 Å². The third-order valence-corrected chi connectivity index (χ3v) is 5.69. The Morgan fingerprint density at radius 1 is 1.00 bits per heavy atom. The molecule has 9 heteroatoms. The summed E-state index contributed by atoms with van der Waals surface area (Å²) in [4.78, 5) is 55.6. The number of urea groups is 1. The molecule has 0 aromatic rings. The van der Waals surface area contributed by atoms with Gasteiger partial charge in [-0.05, 0) is 32.6 Å². The van der Waals surface area contributed by atoms with E-state index in [9.17, 15) is 19.2 Å². The number of carbonyl (C=O) groups is 4. The first kappa shape index (κ1) is 21.7. The zero-order valence-corrected chi connectivity index (χ0v) is 17.8. The number of rotatable bonds is 5. The van der Waals surface area contributed by atoms with Gasteiger partial charge in [-0.3, -0.25) is 24.2 Å². The Labute approximate surface area is 171 Å². The van der Waals surface area contributed by atoms with Crippen molar-refractivity contribution in [2.75, 3.05) is 39.4 Å². The summed E-state index contributed by atoms with van der Waals surface area (Å²) in [6.07, 6.45) is 1.44. The van der Waals surface area contributed by atoms with Crippen LogP contribution in [0.4, 0.5) is 4.79 Å². The van der Waals surface area contributed by atoms with Crippen molar-refractivity contribution in [2.45, 2.75) is 52.7 Å². The Bertz CT molecular complexity index is 664. The van der Waals surface area contributed by atoms with Gasteiger partial charge in [0, 0.05) is 38.6 Å². The summed E-state index contributed by atoms with van der Waals surface area (Å²) in [5.41, 5.74) is 0. The van der Waals surface area contributed by atoms with E-state index in [4.69, 9.17) is 4.74 Å². The minimum Gasteiger partial charge on any atom is -0.372 e. The highest BCUT2D eigenvalue weighted by Crippen LogP contribution is 2.23. The number of piperidine rings is 1. The summed E-state index contributed by atoms with van der Waals surface area (Å²) >= 11 is 0. The smallest absolute Gasteiger partial charge is 0.335 e. The zero-order valence-electron chi connectivity index (χ0n) is 17.8. The van der Waals surface area contributed by atoms with Crippen LogP contribution in [0.1, 0.15) is 40.5 Å². The fourth-order valence-electron chi connectivity index (χ4n) is 4.34. The molecule has 0 bridgehead atoms. The monoisotopic (exact) mass is 408 g/mol. The van der Waals surface area contributed by atoms with Gasteiger partial charge in [0.2, 0.25) is 5.91 Å². The molecule has 2 unspecified atom stereocenters. The molecule has 29 heavy (non-hydrogen) atoms. The topological polar surface area (TPSA) is 90.5 Å². The molecule has 3 saturated heterocycles. The summed E-state index contributed by atoms with van der Waals surface area (Å²) < 4.78 is 5.70. The Hall–Kier alpha value is -2.00. The van der Waals surface area contributed by atoms with Crippen molar-refractivity contribution >= 4 is 23.8 Å². The van der Waals surface area contributed by atoms with Crippen LogP contribution in [0.3, 0.4) is 0 Å². The Morgan fingerprint density at radius 2 is 1.55 bits per heavy atom. The Morgan fingerprint density at radius 3 is 2.10 bits per heavy atom. The van der Waals surface area contributed by atoms with E-state index in [2.05, 4.69) is 0 Å². The minimum absolute atomic E-state index is 0.0429. The van der Waals surface area contributed by atoms with Gasteiger partial charge in [0.25, 0.3) is 0 Å². The lowest BCUT2D eigenvalue weighted by atomic mass is 9.95. The van der Waals surface area contributed by atoms with Crippen LogP contribution in [0.2, 0.25) is 0 Å². The maximum absolute atomic E-state index is 12.9. The molecule has 3 fully saturated rings. The van der Waals surface area contributed by atoms with Crippen molar-refractivity contribution in [1.82, 2.24) is 19.6 Å². The summed E-state index contributed by atoms with van der Waals surface area (Å²) in [5, 5.41) is 0. The quantitative estimate of drug-likeness (QED) is 0.492. The average molecular weight is 408 g/mol. The molecule has 3 heterocycles. The Kier molecular flexibility index (Phi) is 6.58. The first-order chi connectivity index (χ1) is 13.7. The van der Waals surface area contributed by atoms with E-state index in [1.807, 2.05) is 37.5 Å². The van der Waals surface area contributed by atoms with Crippen LogP contribution in [0, 0.1) is 11.8 Å². The van der Waals surface area contributed by atoms with Crippen molar-refractivity contribution in [1.29, 1.82) is 0 Å². The SMILES string of the molecule is CC(C)CN1C(=O)C(=O)N(CN2CCC(C(=O)N3CC(C)OC(C)C3)CC2)C1=O. The lowest BCUT2D eigenvalue weighted by molar-refractivity contribution is -0.149. The van der Waals surface area contributed by atoms with Crippen LogP contribution in [0.5, 0.6) is 0 Å². The second-order valence-electron chi connectivity index (χ2n) is 8.86. The molecule has 0 saturated carbocycles. The number of likely N-dealkylation sites (tertiary alicyclic amines) is 1. The van der Waals surface area contributed by atoms with Crippen LogP contribution in [-0.2, 0) is 19.1 Å². The van der Waals surface area contributed by atoms with Crippen molar-refractivity contribution < 1.29 is 23.9 Å². The van der Waals surface area contributed by atoms with Crippen LogP contribution >= 0.6 is 0 Å². The third-order valence-electron chi connectivity index (χ3n) is 5.69. The number of nitrogens with zero attached hydrogens (tertiary/aromatic N) is 4. The van der Waals surface area contributed by atoms with E-state index in [0.29, 0.717) is 39.0 Å². The first-order valence-corrected chi connectivity index (χ1v) is 10.5. The molecule has 3 aliphatic heterocycles. The third kappa shape index (κ3) is 4.78. The van der Waals surface area contributed by atoms with Crippen molar-refractivity contribution in [3.8, 4) is 0 Å². The number of amides is 5. The predicted octanol–water partition coefficient (Wildman–Crippen LogP) is 0.739. The summed E-state index contributed by atoms with van der Waals surface area (Å²) in [6.45, 7) is 10.6. The van der Waals surface area contributed by atoms with Crippen LogP contribution < -0.4 is 0 Å². The summed E-state index contributed by atoms with van der Waals surface area (Å²) in [5.74, 6) is -1.29. The van der Waals surface area contributed by atoms with Gasteiger partial charge >= 0.3 is 17.8 Å². The second kappa shape index (κ2) is 8.79. The van der Waals surface area contributed by atoms with Crippen molar-refractivity contribution in [3.05, 3.63) is 0 Å². The predicted molar refractivity (Wildman–Crippen MR) is 105 cm³/mol. The van der Waals surface area contributed by atoms with Gasteiger partial charge in [0.1, 0.15) is 0 Å². The maximum Gasteiger partial charge on any atom is 0.335 e. The molecule has 0 spiro atoms. The largest absolute Gasteiger partial charge is 0.372 e. The number of ether oxygens (including phenoxy) is 1. The van der Waals surface area contributed by atoms with E-state index < -0.39 is 17.8 Å². The van der Waals surface area contributed by atoms with Crippen LogP contribution in [0.25, 0.3) is 0 Å². The van der Waals surface area contributed by atoms with Gasteiger partial charge in [-0.15, -0.1) is 0 Å². The van der Waals surface area contributed by atoms with Gasteiger partial charge in [0.05, 0.1) is 18.9 Å². The molecule has 9 nitrogen and oxygen atoms in total. The van der Waals surface area contributed by atoms with E-state index in [0.717, 1.165) is 9.80 Å². The normalized spacial score (nSPS) is 27.5. The number of imide groups is 2. The molecular formula is C20H32N4O5. The molecular weight excluding hydrogens is 376 g/mol. The number of hydrogen-bond donors (Lipinski definition) is 0. The van der Waals surface area contributed by atoms with Gasteiger partial charge in [-0.1, -0.05) is 13.8 Å². The van der Waals surface area contributed by atoms with Crippen molar-refractivity contribution in [3.63, 3.8) is 0 Å². The number of morpholine rings is 1. The number of hydrogen-bond acceptors (Lipinski definition) is 6. The number of carbonyl (C=O) groups excluding carboxylic acids is 4. The minimum atomic E-state index is -0.759. The van der Waals surface area contributed by atoms with E-state index >= 15 is 0 Å². The second-order valence-corrected chi connectivity index (χ2v) is 8.86. The highest BCUT2D eigenvalue weighted by molar-refractivity contribution is 6.44. The molecule has 0 aliphatic carbocycles. The summed E-state index contributed by atoms with van der Waals surface area (Å²) in [7, 11) is 0. The molecule has 162 valence electrons. The fourth-order valence-corrected chi connectivity index (χ4v) is 4.34. The zero-order chi connectivity index (χ0) is 21.3. The van der Waals surface area contributed by atoms with Gasteiger partial charge < -0.3 is 9.64 Å². The molecule has 0 N–H and O–H groups in total. The molecule has 0 aromatic carbocycles. The molecule has 3 aliphatic rings. The highest BCUT2D eigenvalue weighted by Gasteiger charge is 2.45. The molecule has 3 rings (SSSR count). The lowest BCUT2D eigenvalue weighted by Crippen LogP contribution is -2.52. The van der Waals surface area contributed by atoms with Gasteiger partial charge in [-0.25, -0.2) is 9.69 Å². The fraction of sp³-hybridized carbons (Fsp3) is 0.800. The van der Waals surface area contributed by atoms with Crippen LogP contribution in [0.15, 0.2) is 0 Å². The average Bonchev–Trinajstić information content (AvgIpc) is 2.85. The summed E-state index contributed by atoms with van der Waals surface area (Å²) in [6, 6.07) is -0.539. The molecule has 2 atom stereocenters. The molecule has 0 radical (unpaired) electrons. The standard InChI is InChI=1S/C20H32N4O5/c1-13(2)9-23-18(26)19(27)24(20(23)28)12-21-7-5-16(6-8-21)17(25)22-10-14(3)29-15(4)11-22/h13-16H,5-12H2,1-4H3. The molecule has 5 amide bonds. The first-order valence-electron chi connectivity index (χ1n) is 10.5. The van der Waals surface area contributed by atoms with E-state index in [1.165, 1.54) is 0 Å². The van der Waals surface area contributed by atoms with E-state index in [1.54, 1.807) is 0 Å². The highest BCUT2D eigenvalue weighted by atomic mass is 16.5. The van der Waals surface area contributed by atoms with Crippen LogP contribution in [-0.4, -0.2) is 95.0 Å². The van der Waals surface area contributed by atoms with E-state index in [-0.39, 0.29) is 43.2 Å². The lowest BCUT2D eigenvalue weighted by Gasteiger charge is -2.39. The Balaban J connectivity index is 1.52. The maximum atomic E-state index is 12.9. The molecule has 0 aromatic heterocycles.